The van der Waals surface area contributed by atoms with Crippen LogP contribution < -0.4 is 11.1 Å². The number of thiazole rings is 1. The average molecular weight is 255 g/mol. The van der Waals surface area contributed by atoms with Crippen LogP contribution >= 0.6 is 11.3 Å². The van der Waals surface area contributed by atoms with Gasteiger partial charge in [-0.15, -0.1) is 11.3 Å². The zero-order chi connectivity index (χ0) is 13.4. The molecular weight excluding hydrogens is 234 g/mol. The summed E-state index contributed by atoms with van der Waals surface area (Å²) >= 11 is 1.49. The maximum atomic E-state index is 12.2. The van der Waals surface area contributed by atoms with Crippen molar-refractivity contribution in [3.05, 3.63) is 10.6 Å². The second kappa shape index (κ2) is 4.38. The van der Waals surface area contributed by atoms with Crippen molar-refractivity contribution < 1.29 is 4.79 Å². The molecule has 0 saturated heterocycles. The Bertz CT molecular complexity index is 410. The van der Waals surface area contributed by atoms with Crippen molar-refractivity contribution in [3.63, 3.8) is 0 Å². The Hall–Kier alpha value is -0.940. The van der Waals surface area contributed by atoms with E-state index in [9.17, 15) is 4.79 Å². The van der Waals surface area contributed by atoms with Gasteiger partial charge in [-0.2, -0.15) is 0 Å². The van der Waals surface area contributed by atoms with Crippen LogP contribution in [0, 0.1) is 19.3 Å². The highest BCUT2D eigenvalue weighted by molar-refractivity contribution is 7.15. The molecule has 0 atom stereocenters. The van der Waals surface area contributed by atoms with Crippen LogP contribution in [0.4, 0.5) is 5.13 Å². The molecule has 0 aromatic carbocycles. The summed E-state index contributed by atoms with van der Waals surface area (Å²) in [6.07, 6.45) is 0. The lowest BCUT2D eigenvalue weighted by Gasteiger charge is -2.36. The molecule has 0 bridgehead atoms. The molecule has 0 aliphatic heterocycles. The van der Waals surface area contributed by atoms with Gasteiger partial charge < -0.3 is 11.1 Å². The van der Waals surface area contributed by atoms with Gasteiger partial charge >= 0.3 is 0 Å². The maximum Gasteiger partial charge on any atom is 0.233 e. The second-order valence-electron chi connectivity index (χ2n) is 5.46. The quantitative estimate of drug-likeness (QED) is 0.871. The van der Waals surface area contributed by atoms with Crippen molar-refractivity contribution in [2.24, 2.45) is 11.1 Å². The molecule has 1 aromatic rings. The summed E-state index contributed by atoms with van der Waals surface area (Å²) in [6, 6.07) is 0. The summed E-state index contributed by atoms with van der Waals surface area (Å²) in [6.45, 7) is 11.3. The molecule has 5 heteroatoms. The van der Waals surface area contributed by atoms with Gasteiger partial charge in [-0.25, -0.2) is 4.98 Å². The third kappa shape index (κ3) is 2.84. The molecule has 1 rings (SSSR count). The largest absolute Gasteiger partial charge is 0.325 e. The van der Waals surface area contributed by atoms with E-state index in [0.29, 0.717) is 5.13 Å². The van der Waals surface area contributed by atoms with E-state index in [2.05, 4.69) is 10.3 Å². The lowest BCUT2D eigenvalue weighted by atomic mass is 9.74. The Morgan fingerprint density at radius 2 is 1.82 bits per heavy atom. The maximum absolute atomic E-state index is 12.2. The van der Waals surface area contributed by atoms with E-state index >= 15 is 0 Å². The molecule has 0 aliphatic carbocycles. The van der Waals surface area contributed by atoms with Gasteiger partial charge in [0, 0.05) is 10.4 Å². The zero-order valence-electron chi connectivity index (χ0n) is 11.3. The molecule has 96 valence electrons. The molecule has 0 radical (unpaired) electrons. The molecule has 0 fully saturated rings. The molecule has 1 amide bonds. The number of carbonyl (C=O) groups is 1. The van der Waals surface area contributed by atoms with Crippen LogP contribution in [-0.4, -0.2) is 16.4 Å². The molecule has 3 N–H and O–H groups in total. The van der Waals surface area contributed by atoms with Gasteiger partial charge in [0.1, 0.15) is 0 Å². The van der Waals surface area contributed by atoms with Crippen molar-refractivity contribution in [2.75, 3.05) is 5.32 Å². The summed E-state index contributed by atoms with van der Waals surface area (Å²) in [5.41, 5.74) is 5.74. The number of anilines is 1. The lowest BCUT2D eigenvalue weighted by Crippen LogP contribution is -2.53. The minimum atomic E-state index is -0.652. The van der Waals surface area contributed by atoms with Crippen molar-refractivity contribution >= 4 is 22.4 Å². The van der Waals surface area contributed by atoms with Gasteiger partial charge in [0.05, 0.1) is 11.1 Å². The monoisotopic (exact) mass is 255 g/mol. The minimum Gasteiger partial charge on any atom is -0.325 e. The number of carbonyl (C=O) groups excluding carboxylic acids is 1. The third-order valence-electron chi connectivity index (χ3n) is 3.43. The SMILES string of the molecule is Cc1nc(NC(=O)C(C)(C)C(C)(C)N)sc1C. The molecule has 0 spiro atoms. The van der Waals surface area contributed by atoms with E-state index < -0.39 is 11.0 Å². The van der Waals surface area contributed by atoms with E-state index in [4.69, 9.17) is 5.73 Å². The highest BCUT2D eigenvalue weighted by atomic mass is 32.1. The van der Waals surface area contributed by atoms with Crippen molar-refractivity contribution in [1.82, 2.24) is 4.98 Å². The molecule has 0 saturated carbocycles. The standard InChI is InChI=1S/C12H21N3OS/c1-7-8(2)17-10(14-7)15-9(16)11(3,4)12(5,6)13/h13H2,1-6H3,(H,14,15,16). The van der Waals surface area contributed by atoms with E-state index in [1.165, 1.54) is 11.3 Å². The summed E-state index contributed by atoms with van der Waals surface area (Å²) in [4.78, 5) is 17.6. The minimum absolute atomic E-state index is 0.0984. The number of rotatable bonds is 3. The predicted molar refractivity (Wildman–Crippen MR) is 72.3 cm³/mol. The van der Waals surface area contributed by atoms with Crippen LogP contribution in [0.1, 0.15) is 38.3 Å². The van der Waals surface area contributed by atoms with E-state index in [1.54, 1.807) is 0 Å². The lowest BCUT2D eigenvalue weighted by molar-refractivity contribution is -0.126. The molecule has 0 aliphatic rings. The molecule has 0 unspecified atom stereocenters. The predicted octanol–water partition coefficient (Wildman–Crippen LogP) is 2.46. The number of hydrogen-bond donors (Lipinski definition) is 2. The number of hydrogen-bond acceptors (Lipinski definition) is 4. The number of nitrogens with two attached hydrogens (primary N) is 1. The second-order valence-corrected chi connectivity index (χ2v) is 6.66. The fourth-order valence-electron chi connectivity index (χ4n) is 1.07. The van der Waals surface area contributed by atoms with Crippen LogP contribution in [0.3, 0.4) is 0 Å². The Labute approximate surface area is 107 Å². The molecule has 17 heavy (non-hydrogen) atoms. The topological polar surface area (TPSA) is 68.0 Å². The van der Waals surface area contributed by atoms with Crippen LogP contribution in [0.2, 0.25) is 0 Å². The van der Waals surface area contributed by atoms with Crippen LogP contribution in [0.25, 0.3) is 0 Å². The summed E-state index contributed by atoms with van der Waals surface area (Å²) in [7, 11) is 0. The summed E-state index contributed by atoms with van der Waals surface area (Å²) in [5.74, 6) is -0.0984. The summed E-state index contributed by atoms with van der Waals surface area (Å²) in [5, 5.41) is 3.48. The zero-order valence-corrected chi connectivity index (χ0v) is 12.2. The van der Waals surface area contributed by atoms with Crippen LogP contribution in [-0.2, 0) is 4.79 Å². The fraction of sp³-hybridized carbons (Fsp3) is 0.667. The first-order chi connectivity index (χ1) is 7.55. The highest BCUT2D eigenvalue weighted by Gasteiger charge is 2.40. The first-order valence-electron chi connectivity index (χ1n) is 5.60. The Balaban J connectivity index is 2.86. The molecule has 1 heterocycles. The van der Waals surface area contributed by atoms with Crippen molar-refractivity contribution in [1.29, 1.82) is 0 Å². The number of amides is 1. The molecule has 1 aromatic heterocycles. The Morgan fingerprint density at radius 1 is 1.29 bits per heavy atom. The average Bonchev–Trinajstić information content (AvgIpc) is 2.43. The normalized spacial score (nSPS) is 12.6. The Morgan fingerprint density at radius 3 is 2.18 bits per heavy atom. The number of nitrogens with one attached hydrogen (secondary N) is 1. The third-order valence-corrected chi connectivity index (χ3v) is 4.42. The van der Waals surface area contributed by atoms with E-state index in [-0.39, 0.29) is 5.91 Å². The first kappa shape index (κ1) is 14.1. The smallest absolute Gasteiger partial charge is 0.233 e. The first-order valence-corrected chi connectivity index (χ1v) is 6.41. The van der Waals surface area contributed by atoms with Crippen molar-refractivity contribution in [2.45, 2.75) is 47.1 Å². The van der Waals surface area contributed by atoms with Gasteiger partial charge in [-0.05, 0) is 41.5 Å². The van der Waals surface area contributed by atoms with Crippen molar-refractivity contribution in [3.8, 4) is 0 Å². The van der Waals surface area contributed by atoms with E-state index in [0.717, 1.165) is 10.6 Å². The fourth-order valence-corrected chi connectivity index (χ4v) is 1.88. The van der Waals surface area contributed by atoms with Crippen LogP contribution in [0.15, 0.2) is 0 Å². The Kier molecular flexibility index (Phi) is 3.64. The van der Waals surface area contributed by atoms with Gasteiger partial charge in [0.15, 0.2) is 5.13 Å². The molecular formula is C12H21N3OS. The number of aromatic nitrogens is 1. The van der Waals surface area contributed by atoms with Crippen LogP contribution in [0.5, 0.6) is 0 Å². The summed E-state index contributed by atoms with van der Waals surface area (Å²) < 4.78 is 0. The van der Waals surface area contributed by atoms with Gasteiger partial charge in [0.2, 0.25) is 5.91 Å². The number of aryl methyl sites for hydroxylation is 2. The molecule has 4 nitrogen and oxygen atoms in total. The van der Waals surface area contributed by atoms with E-state index in [1.807, 2.05) is 41.5 Å². The number of nitrogens with zero attached hydrogens (tertiary/aromatic N) is 1. The van der Waals surface area contributed by atoms with Gasteiger partial charge in [-0.3, -0.25) is 4.79 Å². The van der Waals surface area contributed by atoms with Gasteiger partial charge in [0.25, 0.3) is 0 Å². The highest BCUT2D eigenvalue weighted by Crippen LogP contribution is 2.31. The van der Waals surface area contributed by atoms with Gasteiger partial charge in [-0.1, -0.05) is 0 Å².